The number of carbonyl (C=O) groups excluding carboxylic acids is 1. The van der Waals surface area contributed by atoms with E-state index in [-0.39, 0.29) is 22.7 Å². The maximum absolute atomic E-state index is 13.3. The second kappa shape index (κ2) is 3.99. The summed E-state index contributed by atoms with van der Waals surface area (Å²) in [5.74, 6) is -2.35. The van der Waals surface area contributed by atoms with Gasteiger partial charge in [-0.15, -0.1) is 0 Å². The van der Waals surface area contributed by atoms with Gasteiger partial charge in [0.25, 0.3) is 5.91 Å². The molecule has 0 heterocycles. The molecule has 1 aromatic carbocycles. The number of rotatable bonds is 2. The standard InChI is InChI=1S/C10H9ClF2N2O/c11-5-2-6(12)4(1-7(5)13)10(16)15-9-3-8(9)14/h1-2,8-9H,3,14H2,(H,15,16). The number of nitrogens with one attached hydrogen (secondary N) is 1. The molecule has 3 nitrogen and oxygen atoms in total. The molecular weight excluding hydrogens is 238 g/mol. The Morgan fingerprint density at radius 3 is 2.62 bits per heavy atom. The lowest BCUT2D eigenvalue weighted by atomic mass is 10.2. The van der Waals surface area contributed by atoms with E-state index in [1.807, 2.05) is 0 Å². The summed E-state index contributed by atoms with van der Waals surface area (Å²) >= 11 is 5.37. The van der Waals surface area contributed by atoms with Crippen molar-refractivity contribution in [3.63, 3.8) is 0 Å². The van der Waals surface area contributed by atoms with E-state index in [1.165, 1.54) is 0 Å². The number of hydrogen-bond donors (Lipinski definition) is 2. The van der Waals surface area contributed by atoms with Gasteiger partial charge in [0, 0.05) is 12.1 Å². The molecule has 1 fully saturated rings. The molecule has 0 aliphatic heterocycles. The van der Waals surface area contributed by atoms with Crippen molar-refractivity contribution < 1.29 is 13.6 Å². The van der Waals surface area contributed by atoms with Gasteiger partial charge in [0.05, 0.1) is 10.6 Å². The van der Waals surface area contributed by atoms with Gasteiger partial charge in [-0.1, -0.05) is 11.6 Å². The number of amides is 1. The SMILES string of the molecule is NC1CC1NC(=O)c1cc(F)c(Cl)cc1F. The largest absolute Gasteiger partial charge is 0.348 e. The molecule has 0 spiro atoms. The molecule has 2 unspecified atom stereocenters. The van der Waals surface area contributed by atoms with Crippen LogP contribution in [0.1, 0.15) is 16.8 Å². The maximum Gasteiger partial charge on any atom is 0.254 e. The minimum absolute atomic E-state index is 0.0934. The van der Waals surface area contributed by atoms with Crippen LogP contribution < -0.4 is 11.1 Å². The van der Waals surface area contributed by atoms with Crippen molar-refractivity contribution >= 4 is 17.5 Å². The van der Waals surface area contributed by atoms with E-state index in [0.29, 0.717) is 6.42 Å². The minimum Gasteiger partial charge on any atom is -0.348 e. The summed E-state index contributed by atoms with van der Waals surface area (Å²) in [4.78, 5) is 11.5. The van der Waals surface area contributed by atoms with Crippen molar-refractivity contribution in [2.75, 3.05) is 0 Å². The molecular formula is C10H9ClF2N2O. The van der Waals surface area contributed by atoms with E-state index in [4.69, 9.17) is 17.3 Å². The molecule has 0 radical (unpaired) electrons. The Morgan fingerprint density at radius 2 is 2.06 bits per heavy atom. The molecule has 2 rings (SSSR count). The smallest absolute Gasteiger partial charge is 0.254 e. The zero-order valence-corrected chi connectivity index (χ0v) is 8.89. The zero-order chi connectivity index (χ0) is 11.9. The van der Waals surface area contributed by atoms with E-state index in [1.54, 1.807) is 0 Å². The van der Waals surface area contributed by atoms with Gasteiger partial charge in [-0.25, -0.2) is 8.78 Å². The highest BCUT2D eigenvalue weighted by molar-refractivity contribution is 6.30. The van der Waals surface area contributed by atoms with Crippen LogP contribution in [-0.4, -0.2) is 18.0 Å². The van der Waals surface area contributed by atoms with Crippen LogP contribution in [0.4, 0.5) is 8.78 Å². The molecule has 1 aliphatic carbocycles. The van der Waals surface area contributed by atoms with Crippen LogP contribution in [0.5, 0.6) is 0 Å². The van der Waals surface area contributed by atoms with Gasteiger partial charge in [-0.2, -0.15) is 0 Å². The van der Waals surface area contributed by atoms with Gasteiger partial charge in [0.1, 0.15) is 11.6 Å². The van der Waals surface area contributed by atoms with E-state index < -0.39 is 17.5 Å². The van der Waals surface area contributed by atoms with Gasteiger partial charge in [-0.05, 0) is 18.6 Å². The quantitative estimate of drug-likeness (QED) is 0.776. The highest BCUT2D eigenvalue weighted by Crippen LogP contribution is 2.22. The van der Waals surface area contributed by atoms with Gasteiger partial charge in [0.15, 0.2) is 0 Å². The fourth-order valence-electron chi connectivity index (χ4n) is 1.32. The van der Waals surface area contributed by atoms with Crippen molar-refractivity contribution in [1.82, 2.24) is 5.32 Å². The van der Waals surface area contributed by atoms with Crippen molar-refractivity contribution in [2.45, 2.75) is 18.5 Å². The Kier molecular flexibility index (Phi) is 2.82. The van der Waals surface area contributed by atoms with Crippen LogP contribution in [0.2, 0.25) is 5.02 Å². The van der Waals surface area contributed by atoms with E-state index >= 15 is 0 Å². The lowest BCUT2D eigenvalue weighted by Crippen LogP contribution is -2.30. The lowest BCUT2D eigenvalue weighted by Gasteiger charge is -2.05. The Morgan fingerprint density at radius 1 is 1.44 bits per heavy atom. The fraction of sp³-hybridized carbons (Fsp3) is 0.300. The average molecular weight is 247 g/mol. The molecule has 1 aliphatic rings. The van der Waals surface area contributed by atoms with Crippen molar-refractivity contribution in [3.05, 3.63) is 34.4 Å². The predicted molar refractivity (Wildman–Crippen MR) is 55.2 cm³/mol. The molecule has 1 amide bonds. The van der Waals surface area contributed by atoms with Gasteiger partial charge >= 0.3 is 0 Å². The van der Waals surface area contributed by atoms with Crippen molar-refractivity contribution in [3.8, 4) is 0 Å². The second-order valence-electron chi connectivity index (χ2n) is 3.73. The van der Waals surface area contributed by atoms with Crippen molar-refractivity contribution in [2.24, 2.45) is 5.73 Å². The first-order valence-corrected chi connectivity index (χ1v) is 5.08. The molecule has 1 saturated carbocycles. The van der Waals surface area contributed by atoms with Gasteiger partial charge in [0.2, 0.25) is 0 Å². The van der Waals surface area contributed by atoms with Crippen LogP contribution in [0, 0.1) is 11.6 Å². The maximum atomic E-state index is 13.3. The highest BCUT2D eigenvalue weighted by Gasteiger charge is 2.35. The number of benzene rings is 1. The summed E-state index contributed by atoms with van der Waals surface area (Å²) in [6.07, 6.45) is 0.656. The third-order valence-electron chi connectivity index (χ3n) is 2.41. The molecule has 0 bridgehead atoms. The Bertz CT molecular complexity index is 453. The molecule has 86 valence electrons. The fourth-order valence-corrected chi connectivity index (χ4v) is 1.47. The van der Waals surface area contributed by atoms with Crippen LogP contribution in [0.3, 0.4) is 0 Å². The Balaban J connectivity index is 2.19. The summed E-state index contributed by atoms with van der Waals surface area (Å²) in [5.41, 5.74) is 5.12. The second-order valence-corrected chi connectivity index (χ2v) is 4.13. The number of nitrogens with two attached hydrogens (primary N) is 1. The summed E-state index contributed by atoms with van der Waals surface area (Å²) < 4.78 is 26.4. The number of halogens is 3. The highest BCUT2D eigenvalue weighted by atomic mass is 35.5. The lowest BCUT2D eigenvalue weighted by molar-refractivity contribution is 0.0946. The third kappa shape index (κ3) is 2.15. The van der Waals surface area contributed by atoms with Crippen LogP contribution in [-0.2, 0) is 0 Å². The summed E-state index contributed by atoms with van der Waals surface area (Å²) in [5, 5.41) is 2.14. The molecule has 2 atom stereocenters. The van der Waals surface area contributed by atoms with Crippen LogP contribution >= 0.6 is 11.6 Å². The first-order valence-electron chi connectivity index (χ1n) is 4.70. The molecule has 6 heteroatoms. The molecule has 3 N–H and O–H groups in total. The normalized spacial score (nSPS) is 23.0. The third-order valence-corrected chi connectivity index (χ3v) is 2.70. The van der Waals surface area contributed by atoms with Crippen LogP contribution in [0.15, 0.2) is 12.1 Å². The molecule has 0 aromatic heterocycles. The Hall–Kier alpha value is -1.20. The number of carbonyl (C=O) groups is 1. The van der Waals surface area contributed by atoms with E-state index in [0.717, 1.165) is 12.1 Å². The average Bonchev–Trinajstić information content (AvgIpc) is 2.87. The van der Waals surface area contributed by atoms with Gasteiger partial charge < -0.3 is 11.1 Å². The first kappa shape index (κ1) is 11.3. The zero-order valence-electron chi connectivity index (χ0n) is 8.14. The molecule has 1 aromatic rings. The topological polar surface area (TPSA) is 55.1 Å². The van der Waals surface area contributed by atoms with E-state index in [2.05, 4.69) is 5.32 Å². The van der Waals surface area contributed by atoms with Gasteiger partial charge in [-0.3, -0.25) is 4.79 Å². The monoisotopic (exact) mass is 246 g/mol. The summed E-state index contributed by atoms with van der Waals surface area (Å²) in [7, 11) is 0. The summed E-state index contributed by atoms with van der Waals surface area (Å²) in [6.45, 7) is 0. The van der Waals surface area contributed by atoms with Crippen LogP contribution in [0.25, 0.3) is 0 Å². The predicted octanol–water partition coefficient (Wildman–Crippen LogP) is 1.45. The summed E-state index contributed by atoms with van der Waals surface area (Å²) in [6, 6.07) is 1.31. The number of hydrogen-bond acceptors (Lipinski definition) is 2. The minimum atomic E-state index is -0.849. The first-order chi connectivity index (χ1) is 7.49. The van der Waals surface area contributed by atoms with Crippen molar-refractivity contribution in [1.29, 1.82) is 0 Å². The molecule has 0 saturated heterocycles. The van der Waals surface area contributed by atoms with E-state index in [9.17, 15) is 13.6 Å². The Labute approximate surface area is 95.6 Å². The molecule has 16 heavy (non-hydrogen) atoms.